The Hall–Kier alpha value is -3.97. The van der Waals surface area contributed by atoms with Gasteiger partial charge in [0.2, 0.25) is 11.8 Å². The van der Waals surface area contributed by atoms with Gasteiger partial charge in [0.05, 0.1) is 5.25 Å². The third-order valence-corrected chi connectivity index (χ3v) is 7.92. The molecule has 0 bridgehead atoms. The monoisotopic (exact) mass is 552 g/mol. The molecule has 0 fully saturated rings. The molecule has 6 nitrogen and oxygen atoms in total. The second-order valence-electron chi connectivity index (χ2n) is 9.73. The Bertz CT molecular complexity index is 1290. The minimum atomic E-state index is -0.276. The van der Waals surface area contributed by atoms with Crippen LogP contribution >= 0.6 is 11.8 Å². The van der Waals surface area contributed by atoms with Crippen molar-refractivity contribution < 1.29 is 9.59 Å². The fourth-order valence-electron chi connectivity index (χ4n) is 4.43. The zero-order valence-corrected chi connectivity index (χ0v) is 23.4. The summed E-state index contributed by atoms with van der Waals surface area (Å²) in [6.45, 7) is 0.550. The Morgan fingerprint density at radius 2 is 1.27 bits per heavy atom. The van der Waals surface area contributed by atoms with Gasteiger partial charge in [-0.2, -0.15) is 0 Å². The molecule has 0 unspecified atom stereocenters. The number of nitrogens with zero attached hydrogens (tertiary/aromatic N) is 2. The van der Waals surface area contributed by atoms with Crippen LogP contribution in [0, 0.1) is 0 Å². The number of benzene rings is 2. The van der Waals surface area contributed by atoms with E-state index in [2.05, 4.69) is 44.9 Å². The van der Waals surface area contributed by atoms with Crippen LogP contribution in [0.1, 0.15) is 28.7 Å². The van der Waals surface area contributed by atoms with Crippen LogP contribution in [-0.2, 0) is 35.3 Å². The molecule has 2 aromatic carbocycles. The van der Waals surface area contributed by atoms with Crippen molar-refractivity contribution in [2.24, 2.45) is 0 Å². The predicted octanol–water partition coefficient (Wildman–Crippen LogP) is 4.84. The first-order valence-corrected chi connectivity index (χ1v) is 14.7. The van der Waals surface area contributed by atoms with Crippen molar-refractivity contribution in [1.82, 2.24) is 20.6 Å². The number of aromatic nitrogens is 2. The molecule has 0 saturated heterocycles. The number of nitrogens with one attached hydrogen (secondary N) is 2. The molecule has 0 spiro atoms. The molecule has 2 atom stereocenters. The lowest BCUT2D eigenvalue weighted by atomic mass is 10.1. The molecule has 4 rings (SSSR count). The van der Waals surface area contributed by atoms with Gasteiger partial charge in [0.25, 0.3) is 0 Å². The molecule has 4 aromatic rings. The van der Waals surface area contributed by atoms with Gasteiger partial charge < -0.3 is 10.6 Å². The van der Waals surface area contributed by atoms with Gasteiger partial charge in [0, 0.05) is 49.5 Å². The van der Waals surface area contributed by atoms with Crippen LogP contribution in [0.5, 0.6) is 0 Å². The van der Waals surface area contributed by atoms with Crippen LogP contribution in [0.15, 0.2) is 110 Å². The van der Waals surface area contributed by atoms with Crippen molar-refractivity contribution in [1.29, 1.82) is 0 Å². The van der Waals surface area contributed by atoms with Crippen molar-refractivity contribution >= 4 is 23.6 Å². The van der Waals surface area contributed by atoms with Gasteiger partial charge in [-0.1, -0.05) is 72.8 Å². The zero-order chi connectivity index (χ0) is 27.8. The van der Waals surface area contributed by atoms with E-state index in [0.29, 0.717) is 38.0 Å². The molecule has 2 heterocycles. The highest BCUT2D eigenvalue weighted by Gasteiger charge is 2.22. The van der Waals surface area contributed by atoms with Crippen LogP contribution in [0.3, 0.4) is 0 Å². The minimum absolute atomic E-state index is 0.00548. The maximum absolute atomic E-state index is 13.3. The van der Waals surface area contributed by atoms with Gasteiger partial charge in [-0.05, 0) is 60.1 Å². The quantitative estimate of drug-likeness (QED) is 0.221. The summed E-state index contributed by atoms with van der Waals surface area (Å²) in [6.07, 6.45) is 10.2. The first kappa shape index (κ1) is 29.0. The summed E-state index contributed by atoms with van der Waals surface area (Å²) in [5.41, 5.74) is 4.40. The van der Waals surface area contributed by atoms with Crippen LogP contribution < -0.4 is 10.6 Å². The summed E-state index contributed by atoms with van der Waals surface area (Å²) in [5, 5.41) is 6.09. The molecule has 0 aliphatic carbocycles. The van der Waals surface area contributed by atoms with E-state index in [1.165, 1.54) is 0 Å². The first-order valence-electron chi connectivity index (χ1n) is 13.7. The molecule has 40 heavy (non-hydrogen) atoms. The van der Waals surface area contributed by atoms with Gasteiger partial charge in [-0.25, -0.2) is 0 Å². The Balaban J connectivity index is 1.39. The summed E-state index contributed by atoms with van der Waals surface area (Å²) in [6, 6.07) is 27.9. The normalized spacial score (nSPS) is 12.3. The second kappa shape index (κ2) is 16.2. The summed E-state index contributed by atoms with van der Waals surface area (Å²) in [7, 11) is 0. The topological polar surface area (TPSA) is 84.0 Å². The highest BCUT2D eigenvalue weighted by Crippen LogP contribution is 2.20. The van der Waals surface area contributed by atoms with Crippen molar-refractivity contribution in [3.8, 4) is 0 Å². The number of aryl methyl sites for hydroxylation is 1. The van der Waals surface area contributed by atoms with E-state index < -0.39 is 0 Å². The third-order valence-electron chi connectivity index (χ3n) is 6.54. The summed E-state index contributed by atoms with van der Waals surface area (Å²) >= 11 is 1.61. The Morgan fingerprint density at radius 1 is 0.700 bits per heavy atom. The average molecular weight is 553 g/mol. The third kappa shape index (κ3) is 10.3. The largest absolute Gasteiger partial charge is 0.355 e. The number of hydrogen-bond donors (Lipinski definition) is 2. The molecule has 2 N–H and O–H groups in total. The maximum atomic E-state index is 13.3. The highest BCUT2D eigenvalue weighted by atomic mass is 32.2. The van der Waals surface area contributed by atoms with E-state index in [-0.39, 0.29) is 23.1 Å². The number of hydrogen-bond acceptors (Lipinski definition) is 5. The van der Waals surface area contributed by atoms with Crippen molar-refractivity contribution in [2.75, 3.05) is 12.3 Å². The van der Waals surface area contributed by atoms with E-state index in [1.54, 1.807) is 30.4 Å². The van der Waals surface area contributed by atoms with Crippen molar-refractivity contribution in [3.05, 3.63) is 132 Å². The van der Waals surface area contributed by atoms with Gasteiger partial charge in [-0.3, -0.25) is 19.6 Å². The number of thioether (sulfide) groups is 1. The van der Waals surface area contributed by atoms with E-state index in [4.69, 9.17) is 0 Å². The lowest BCUT2D eigenvalue weighted by molar-refractivity contribution is -0.121. The Kier molecular flexibility index (Phi) is 11.8. The fraction of sp³-hybridized carbons (Fsp3) is 0.273. The van der Waals surface area contributed by atoms with Crippen LogP contribution in [-0.4, -0.2) is 45.4 Å². The molecular formula is C33H36N4O2S. The number of amides is 2. The first-order chi connectivity index (χ1) is 19.7. The second-order valence-corrected chi connectivity index (χ2v) is 11.0. The molecule has 0 saturated carbocycles. The maximum Gasteiger partial charge on any atom is 0.233 e. The van der Waals surface area contributed by atoms with Gasteiger partial charge in [0.15, 0.2) is 0 Å². The highest BCUT2D eigenvalue weighted by molar-refractivity contribution is 8.00. The molecule has 0 aliphatic heterocycles. The molecule has 2 aromatic heterocycles. The van der Waals surface area contributed by atoms with Crippen LogP contribution in [0.25, 0.3) is 0 Å². The van der Waals surface area contributed by atoms with Crippen molar-refractivity contribution in [2.45, 2.75) is 43.4 Å². The molecule has 2 amide bonds. The molecule has 0 radical (unpaired) electrons. The lowest BCUT2D eigenvalue weighted by Crippen LogP contribution is -2.41. The van der Waals surface area contributed by atoms with E-state index >= 15 is 0 Å². The van der Waals surface area contributed by atoms with Gasteiger partial charge >= 0.3 is 0 Å². The smallest absolute Gasteiger partial charge is 0.233 e. The van der Waals surface area contributed by atoms with Crippen LogP contribution in [0.4, 0.5) is 0 Å². The fourth-order valence-corrected chi connectivity index (χ4v) is 5.64. The van der Waals surface area contributed by atoms with E-state index in [9.17, 15) is 9.59 Å². The number of rotatable bonds is 15. The molecule has 0 aliphatic rings. The van der Waals surface area contributed by atoms with Gasteiger partial charge in [-0.15, -0.1) is 11.8 Å². The number of carbonyl (C=O) groups is 2. The van der Waals surface area contributed by atoms with E-state index in [0.717, 1.165) is 28.7 Å². The van der Waals surface area contributed by atoms with Gasteiger partial charge in [0.1, 0.15) is 0 Å². The SMILES string of the molecule is O=C(CCc1cccnc1)N[C@H](CS[C@H](Cc1ccccc1)C(=O)NCCc1cccnc1)Cc1ccccc1. The van der Waals surface area contributed by atoms with Crippen LogP contribution in [0.2, 0.25) is 0 Å². The Morgan fingerprint density at radius 3 is 1.88 bits per heavy atom. The lowest BCUT2D eigenvalue weighted by Gasteiger charge is -2.23. The number of carbonyl (C=O) groups excluding carboxylic acids is 2. The number of pyridine rings is 2. The Labute approximate surface area is 241 Å². The summed E-state index contributed by atoms with van der Waals surface area (Å²) in [5.74, 6) is 0.645. The summed E-state index contributed by atoms with van der Waals surface area (Å²) < 4.78 is 0. The van der Waals surface area contributed by atoms with Crippen molar-refractivity contribution in [3.63, 3.8) is 0 Å². The zero-order valence-electron chi connectivity index (χ0n) is 22.6. The summed E-state index contributed by atoms with van der Waals surface area (Å²) in [4.78, 5) is 34.6. The minimum Gasteiger partial charge on any atom is -0.355 e. The standard InChI is InChI=1S/C33H36N4O2S/c38-32(16-15-28-13-7-18-34-23-28)37-30(21-26-9-3-1-4-10-26)25-40-31(22-27-11-5-2-6-12-27)33(39)36-20-17-29-14-8-19-35-24-29/h1-14,18-19,23-24,30-31H,15-17,20-22,25H2,(H,36,39)(H,37,38)/t30-,31+/m0/s1. The predicted molar refractivity (Wildman–Crippen MR) is 162 cm³/mol. The average Bonchev–Trinajstić information content (AvgIpc) is 3.00. The molecular weight excluding hydrogens is 516 g/mol. The molecule has 206 valence electrons. The van der Waals surface area contributed by atoms with E-state index in [1.807, 2.05) is 66.9 Å². The molecule has 7 heteroatoms.